The summed E-state index contributed by atoms with van der Waals surface area (Å²) < 4.78 is 19.7. The Morgan fingerprint density at radius 1 is 1.16 bits per heavy atom. The van der Waals surface area contributed by atoms with Crippen LogP contribution in [-0.4, -0.2) is 29.4 Å². The Morgan fingerprint density at radius 2 is 1.92 bits per heavy atom. The Kier molecular flexibility index (Phi) is 5.48. The zero-order valence-electron chi connectivity index (χ0n) is 13.5. The normalized spacial score (nSPS) is 13.4. The number of carbonyl (C=O) groups excluding carboxylic acids is 2. The van der Waals surface area contributed by atoms with Crippen LogP contribution in [0.1, 0.15) is 28.8 Å². The van der Waals surface area contributed by atoms with Crippen LogP contribution in [0.3, 0.4) is 0 Å². The summed E-state index contributed by atoms with van der Waals surface area (Å²) in [5.41, 5.74) is 0.829. The van der Waals surface area contributed by atoms with Gasteiger partial charge < -0.3 is 9.64 Å². The largest absolute Gasteiger partial charge is 0.452 e. The predicted octanol–water partition coefficient (Wildman–Crippen LogP) is 3.94. The molecule has 0 unspecified atom stereocenters. The lowest BCUT2D eigenvalue weighted by Crippen LogP contribution is -2.36. The highest BCUT2D eigenvalue weighted by Crippen LogP contribution is 2.29. The van der Waals surface area contributed by atoms with E-state index in [-0.39, 0.29) is 30.9 Å². The van der Waals surface area contributed by atoms with Gasteiger partial charge in [0.15, 0.2) is 6.61 Å². The monoisotopic (exact) mass is 405 g/mol. The summed E-state index contributed by atoms with van der Waals surface area (Å²) in [6.45, 7) is -0.166. The van der Waals surface area contributed by atoms with Crippen molar-refractivity contribution in [2.75, 3.05) is 6.61 Å². The van der Waals surface area contributed by atoms with Crippen LogP contribution in [-0.2, 0) is 16.1 Å². The first kappa shape index (κ1) is 17.6. The molecule has 25 heavy (non-hydrogen) atoms. The summed E-state index contributed by atoms with van der Waals surface area (Å²) in [7, 11) is 0. The highest BCUT2D eigenvalue weighted by molar-refractivity contribution is 9.10. The van der Waals surface area contributed by atoms with Gasteiger partial charge >= 0.3 is 5.97 Å². The van der Waals surface area contributed by atoms with E-state index >= 15 is 0 Å². The van der Waals surface area contributed by atoms with Crippen molar-refractivity contribution >= 4 is 27.8 Å². The van der Waals surface area contributed by atoms with Gasteiger partial charge in [-0.2, -0.15) is 0 Å². The summed E-state index contributed by atoms with van der Waals surface area (Å²) in [6.07, 6.45) is 1.78. The molecule has 0 saturated heterocycles. The zero-order chi connectivity index (χ0) is 17.8. The summed E-state index contributed by atoms with van der Waals surface area (Å²) in [6, 6.07) is 13.2. The second kappa shape index (κ2) is 7.78. The molecule has 2 aromatic carbocycles. The molecule has 1 aliphatic carbocycles. The van der Waals surface area contributed by atoms with Crippen molar-refractivity contribution in [3.63, 3.8) is 0 Å². The van der Waals surface area contributed by atoms with Crippen LogP contribution >= 0.6 is 15.9 Å². The number of hydrogen-bond acceptors (Lipinski definition) is 3. The van der Waals surface area contributed by atoms with Gasteiger partial charge in [-0.25, -0.2) is 9.18 Å². The van der Waals surface area contributed by atoms with Crippen molar-refractivity contribution in [3.05, 3.63) is 69.9 Å². The van der Waals surface area contributed by atoms with Gasteiger partial charge in [0, 0.05) is 22.6 Å². The van der Waals surface area contributed by atoms with E-state index in [4.69, 9.17) is 4.74 Å². The smallest absolute Gasteiger partial charge is 0.338 e. The number of amides is 1. The summed E-state index contributed by atoms with van der Waals surface area (Å²) >= 11 is 3.29. The molecule has 3 rings (SSSR count). The van der Waals surface area contributed by atoms with Crippen LogP contribution in [0, 0.1) is 5.82 Å². The minimum absolute atomic E-state index is 0.0941. The third kappa shape index (κ3) is 4.66. The molecule has 6 heteroatoms. The van der Waals surface area contributed by atoms with Crippen molar-refractivity contribution in [1.29, 1.82) is 0 Å². The summed E-state index contributed by atoms with van der Waals surface area (Å²) in [4.78, 5) is 26.1. The number of esters is 1. The van der Waals surface area contributed by atoms with Crippen molar-refractivity contribution in [2.24, 2.45) is 0 Å². The highest BCUT2D eigenvalue weighted by atomic mass is 79.9. The van der Waals surface area contributed by atoms with Crippen LogP contribution in [0.15, 0.2) is 53.0 Å². The molecule has 1 amide bonds. The average Bonchev–Trinajstić information content (AvgIpc) is 3.43. The Bertz CT molecular complexity index is 792. The molecule has 1 aliphatic rings. The maximum Gasteiger partial charge on any atom is 0.338 e. The van der Waals surface area contributed by atoms with Crippen LogP contribution in [0.25, 0.3) is 0 Å². The molecule has 1 saturated carbocycles. The Hall–Kier alpha value is -2.21. The van der Waals surface area contributed by atoms with E-state index < -0.39 is 5.97 Å². The van der Waals surface area contributed by atoms with E-state index in [0.717, 1.165) is 17.3 Å². The maximum absolute atomic E-state index is 13.8. The Labute approximate surface area is 153 Å². The first-order chi connectivity index (χ1) is 12.0. The second-order valence-corrected chi connectivity index (χ2v) is 6.85. The molecule has 0 aliphatic heterocycles. The molecule has 0 heterocycles. The Morgan fingerprint density at radius 3 is 2.60 bits per heavy atom. The molecular weight excluding hydrogens is 389 g/mol. The number of rotatable bonds is 6. The molecular formula is C19H17BrFNO3. The zero-order valence-corrected chi connectivity index (χ0v) is 15.0. The standard InChI is InChI=1S/C19H17BrFNO3/c20-15-6-3-5-13(10-15)19(24)25-12-18(23)22(16-8-9-16)11-14-4-1-2-7-17(14)21/h1-7,10,16H,8-9,11-12H2. The third-order valence-corrected chi connectivity index (χ3v) is 4.49. The van der Waals surface area contributed by atoms with Gasteiger partial charge in [-0.3, -0.25) is 4.79 Å². The number of ether oxygens (including phenoxy) is 1. The van der Waals surface area contributed by atoms with E-state index in [0.29, 0.717) is 11.1 Å². The summed E-state index contributed by atoms with van der Waals surface area (Å²) in [5, 5.41) is 0. The molecule has 0 radical (unpaired) electrons. The van der Waals surface area contributed by atoms with Crippen molar-refractivity contribution < 1.29 is 18.7 Å². The number of benzene rings is 2. The lowest BCUT2D eigenvalue weighted by atomic mass is 10.2. The summed E-state index contributed by atoms with van der Waals surface area (Å²) in [5.74, 6) is -1.21. The van der Waals surface area contributed by atoms with Crippen LogP contribution in [0.5, 0.6) is 0 Å². The molecule has 130 valence electrons. The van der Waals surface area contributed by atoms with Gasteiger partial charge in [0.05, 0.1) is 5.56 Å². The minimum atomic E-state index is -0.559. The van der Waals surface area contributed by atoms with Crippen LogP contribution in [0.2, 0.25) is 0 Å². The van der Waals surface area contributed by atoms with Gasteiger partial charge in [0.1, 0.15) is 5.82 Å². The second-order valence-electron chi connectivity index (χ2n) is 5.93. The lowest BCUT2D eigenvalue weighted by Gasteiger charge is -2.22. The molecule has 2 aromatic rings. The average molecular weight is 406 g/mol. The van der Waals surface area contributed by atoms with Crippen LogP contribution < -0.4 is 0 Å². The van der Waals surface area contributed by atoms with E-state index in [9.17, 15) is 14.0 Å². The maximum atomic E-state index is 13.8. The van der Waals surface area contributed by atoms with Gasteiger partial charge in [-0.15, -0.1) is 0 Å². The van der Waals surface area contributed by atoms with Crippen molar-refractivity contribution in [2.45, 2.75) is 25.4 Å². The third-order valence-electron chi connectivity index (χ3n) is 3.99. The van der Waals surface area contributed by atoms with Gasteiger partial charge in [-0.05, 0) is 37.1 Å². The minimum Gasteiger partial charge on any atom is -0.452 e. The number of hydrogen-bond donors (Lipinski definition) is 0. The molecule has 0 bridgehead atoms. The first-order valence-electron chi connectivity index (χ1n) is 8.00. The molecule has 4 nitrogen and oxygen atoms in total. The SMILES string of the molecule is O=C(OCC(=O)N(Cc1ccccc1F)C1CC1)c1cccc(Br)c1. The van der Waals surface area contributed by atoms with Crippen molar-refractivity contribution in [3.8, 4) is 0 Å². The first-order valence-corrected chi connectivity index (χ1v) is 8.79. The van der Waals surface area contributed by atoms with E-state index in [1.807, 2.05) is 0 Å². The number of halogens is 2. The highest BCUT2D eigenvalue weighted by Gasteiger charge is 2.33. The number of nitrogens with zero attached hydrogens (tertiary/aromatic N) is 1. The molecule has 0 aromatic heterocycles. The van der Waals surface area contributed by atoms with Gasteiger partial charge in [0.2, 0.25) is 0 Å². The number of carbonyl (C=O) groups is 2. The van der Waals surface area contributed by atoms with E-state index in [2.05, 4.69) is 15.9 Å². The molecule has 0 N–H and O–H groups in total. The van der Waals surface area contributed by atoms with E-state index in [1.165, 1.54) is 6.07 Å². The van der Waals surface area contributed by atoms with Gasteiger partial charge in [0.25, 0.3) is 5.91 Å². The molecule has 1 fully saturated rings. The fourth-order valence-corrected chi connectivity index (χ4v) is 2.93. The topological polar surface area (TPSA) is 46.6 Å². The molecule has 0 atom stereocenters. The Balaban J connectivity index is 1.62. The van der Waals surface area contributed by atoms with Gasteiger partial charge in [-0.1, -0.05) is 40.2 Å². The van der Waals surface area contributed by atoms with Crippen molar-refractivity contribution in [1.82, 2.24) is 4.90 Å². The lowest BCUT2D eigenvalue weighted by molar-refractivity contribution is -0.135. The predicted molar refractivity (Wildman–Crippen MR) is 94.4 cm³/mol. The fraction of sp³-hybridized carbons (Fsp3) is 0.263. The molecule has 0 spiro atoms. The quantitative estimate of drug-likeness (QED) is 0.683. The van der Waals surface area contributed by atoms with Crippen LogP contribution in [0.4, 0.5) is 4.39 Å². The fourth-order valence-electron chi connectivity index (χ4n) is 2.53. The van der Waals surface area contributed by atoms with E-state index in [1.54, 1.807) is 47.4 Å².